The second-order valence-corrected chi connectivity index (χ2v) is 16.3. The first-order valence-electron chi connectivity index (χ1n) is 21.2. The fourth-order valence-corrected chi connectivity index (χ4v) is 9.64. The van der Waals surface area contributed by atoms with Crippen LogP contribution in [0.15, 0.2) is 200 Å². The molecule has 2 aliphatic carbocycles. The highest BCUT2D eigenvalue weighted by atomic mass is 15.0. The molecule has 2 aliphatic rings. The lowest BCUT2D eigenvalue weighted by atomic mass is 9.67. The van der Waals surface area contributed by atoms with E-state index < -0.39 is 0 Å². The molecule has 9 aromatic rings. The van der Waals surface area contributed by atoms with E-state index in [0.717, 1.165) is 33.4 Å². The van der Waals surface area contributed by atoms with E-state index >= 15 is 0 Å². The maximum absolute atomic E-state index is 5.00. The van der Waals surface area contributed by atoms with Gasteiger partial charge in [-0.2, -0.15) is 0 Å². The summed E-state index contributed by atoms with van der Waals surface area (Å²) in [6.45, 7) is 0. The van der Waals surface area contributed by atoms with Crippen LogP contribution < -0.4 is 0 Å². The molecule has 3 nitrogen and oxygen atoms in total. The first-order chi connectivity index (χ1) is 29.7. The zero-order valence-corrected chi connectivity index (χ0v) is 33.4. The summed E-state index contributed by atoms with van der Waals surface area (Å²) < 4.78 is 0. The maximum atomic E-state index is 5.00. The first-order valence-corrected chi connectivity index (χ1v) is 21.2. The Balaban J connectivity index is 0.836. The molecule has 1 aromatic heterocycles. The number of benzene rings is 8. The largest absolute Gasteiger partial charge is 0.208 e. The average molecular weight is 770 g/mol. The summed E-state index contributed by atoms with van der Waals surface area (Å²) in [5, 5.41) is 0. The van der Waals surface area contributed by atoms with Gasteiger partial charge in [0.15, 0.2) is 17.5 Å². The van der Waals surface area contributed by atoms with Crippen molar-refractivity contribution in [1.82, 2.24) is 15.0 Å². The molecule has 1 spiro atoms. The molecule has 60 heavy (non-hydrogen) atoms. The van der Waals surface area contributed by atoms with Gasteiger partial charge in [0.05, 0.1) is 0 Å². The van der Waals surface area contributed by atoms with Gasteiger partial charge in [0, 0.05) is 22.1 Å². The van der Waals surface area contributed by atoms with Crippen molar-refractivity contribution in [1.29, 1.82) is 0 Å². The highest BCUT2D eigenvalue weighted by molar-refractivity contribution is 5.84. The van der Waals surface area contributed by atoms with Crippen LogP contribution in [0.25, 0.3) is 89.8 Å². The standard InChI is InChI=1S/C57H43N3/c1-4-12-39(13-5-1)40-26-30-47(31-27-40)55-58-54(46-14-6-2-7-15-46)59-56(60-55)48-32-28-44(29-33-48)42-20-18-41(19-21-42)43-22-24-45(25-23-43)49-34-35-51-50-16-8-9-17-52(50)57(53(51)38-49)36-10-3-11-37-57/h1-2,4-9,12-35,38H,3,10-11,36-37H2. The summed E-state index contributed by atoms with van der Waals surface area (Å²) in [7, 11) is 0. The molecule has 8 aromatic carbocycles. The monoisotopic (exact) mass is 769 g/mol. The van der Waals surface area contributed by atoms with Crippen molar-refractivity contribution in [2.75, 3.05) is 0 Å². The Bertz CT molecular complexity index is 2950. The molecule has 0 radical (unpaired) electrons. The SMILES string of the molecule is c1ccc(-c2ccc(-c3nc(-c4ccccc4)nc(-c4ccc(-c5ccc(-c6ccc(-c7ccc8c(c7)C7(CCCCC7)c7ccccc7-8)cc6)cc5)cc4)n3)cc2)cc1. The summed E-state index contributed by atoms with van der Waals surface area (Å²) in [5.41, 5.74) is 18.6. The van der Waals surface area contributed by atoms with Gasteiger partial charge in [0.2, 0.25) is 0 Å². The Morgan fingerprint density at radius 3 is 1.08 bits per heavy atom. The van der Waals surface area contributed by atoms with Gasteiger partial charge in [-0.15, -0.1) is 0 Å². The molecule has 0 N–H and O–H groups in total. The highest BCUT2D eigenvalue weighted by Gasteiger charge is 2.43. The van der Waals surface area contributed by atoms with Crippen LogP contribution in [0.4, 0.5) is 0 Å². The summed E-state index contributed by atoms with van der Waals surface area (Å²) in [6, 6.07) is 71.9. The molecule has 0 atom stereocenters. The second-order valence-electron chi connectivity index (χ2n) is 16.3. The Labute approximate surface area is 352 Å². The third-order valence-corrected chi connectivity index (χ3v) is 12.8. The molecule has 0 aliphatic heterocycles. The van der Waals surface area contributed by atoms with Crippen LogP contribution in [-0.4, -0.2) is 15.0 Å². The minimum atomic E-state index is 0.168. The second kappa shape index (κ2) is 15.2. The van der Waals surface area contributed by atoms with E-state index in [1.54, 1.807) is 5.56 Å². The third kappa shape index (κ3) is 6.53. The summed E-state index contributed by atoms with van der Waals surface area (Å²) in [5.74, 6) is 1.95. The van der Waals surface area contributed by atoms with Gasteiger partial charge >= 0.3 is 0 Å². The fraction of sp³-hybridized carbons (Fsp3) is 0.105. The fourth-order valence-electron chi connectivity index (χ4n) is 9.64. The Morgan fingerprint density at radius 1 is 0.267 bits per heavy atom. The van der Waals surface area contributed by atoms with Gasteiger partial charge in [0.25, 0.3) is 0 Å². The molecule has 0 unspecified atom stereocenters. The van der Waals surface area contributed by atoms with Crippen molar-refractivity contribution in [2.24, 2.45) is 0 Å². The van der Waals surface area contributed by atoms with Crippen LogP contribution >= 0.6 is 0 Å². The zero-order valence-electron chi connectivity index (χ0n) is 33.4. The van der Waals surface area contributed by atoms with Crippen molar-refractivity contribution >= 4 is 0 Å². The summed E-state index contributed by atoms with van der Waals surface area (Å²) >= 11 is 0. The highest BCUT2D eigenvalue weighted by Crippen LogP contribution is 2.56. The minimum absolute atomic E-state index is 0.168. The molecule has 1 fully saturated rings. The minimum Gasteiger partial charge on any atom is -0.208 e. The van der Waals surface area contributed by atoms with E-state index in [4.69, 9.17) is 15.0 Å². The molecule has 0 amide bonds. The molecule has 286 valence electrons. The Hall–Kier alpha value is -7.23. The van der Waals surface area contributed by atoms with Crippen LogP contribution in [-0.2, 0) is 5.41 Å². The van der Waals surface area contributed by atoms with E-state index in [9.17, 15) is 0 Å². The van der Waals surface area contributed by atoms with Gasteiger partial charge in [0.1, 0.15) is 0 Å². The lowest BCUT2D eigenvalue weighted by molar-refractivity contribution is 0.353. The van der Waals surface area contributed by atoms with Gasteiger partial charge in [-0.1, -0.05) is 213 Å². The molecular weight excluding hydrogens is 727 g/mol. The number of rotatable bonds is 7. The molecular formula is C57H43N3. The van der Waals surface area contributed by atoms with Crippen LogP contribution in [0.1, 0.15) is 43.2 Å². The number of hydrogen-bond donors (Lipinski definition) is 0. The summed E-state index contributed by atoms with van der Waals surface area (Å²) in [4.78, 5) is 14.9. The van der Waals surface area contributed by atoms with E-state index in [0.29, 0.717) is 17.5 Å². The molecule has 11 rings (SSSR count). The predicted molar refractivity (Wildman–Crippen MR) is 247 cm³/mol. The quantitative estimate of drug-likeness (QED) is 0.162. The van der Waals surface area contributed by atoms with Crippen LogP contribution in [0, 0.1) is 0 Å². The normalized spacial score (nSPS) is 13.8. The Morgan fingerprint density at radius 2 is 0.600 bits per heavy atom. The topological polar surface area (TPSA) is 38.7 Å². The third-order valence-electron chi connectivity index (χ3n) is 12.8. The number of fused-ring (bicyclic) bond motifs is 5. The molecule has 3 heteroatoms. The van der Waals surface area contributed by atoms with Crippen molar-refractivity contribution < 1.29 is 0 Å². The lowest BCUT2D eigenvalue weighted by Crippen LogP contribution is -2.28. The lowest BCUT2D eigenvalue weighted by Gasteiger charge is -2.36. The van der Waals surface area contributed by atoms with Crippen LogP contribution in [0.5, 0.6) is 0 Å². The molecule has 1 heterocycles. The number of aromatic nitrogens is 3. The van der Waals surface area contributed by atoms with Crippen molar-refractivity contribution in [3.63, 3.8) is 0 Å². The number of hydrogen-bond acceptors (Lipinski definition) is 3. The van der Waals surface area contributed by atoms with Crippen molar-refractivity contribution in [3.05, 3.63) is 211 Å². The summed E-state index contributed by atoms with van der Waals surface area (Å²) in [6.07, 6.45) is 6.46. The van der Waals surface area contributed by atoms with E-state index in [2.05, 4.69) is 164 Å². The predicted octanol–water partition coefficient (Wildman–Crippen LogP) is 14.8. The van der Waals surface area contributed by atoms with Crippen molar-refractivity contribution in [3.8, 4) is 89.8 Å². The van der Waals surface area contributed by atoms with Gasteiger partial charge in [-0.25, -0.2) is 15.0 Å². The zero-order chi connectivity index (χ0) is 39.9. The molecule has 0 saturated heterocycles. The first kappa shape index (κ1) is 35.9. The van der Waals surface area contributed by atoms with E-state index in [-0.39, 0.29) is 5.41 Å². The van der Waals surface area contributed by atoms with Crippen LogP contribution in [0.3, 0.4) is 0 Å². The van der Waals surface area contributed by atoms with Gasteiger partial charge in [-0.3, -0.25) is 0 Å². The van der Waals surface area contributed by atoms with Crippen LogP contribution in [0.2, 0.25) is 0 Å². The Kier molecular flexibility index (Phi) is 9.08. The van der Waals surface area contributed by atoms with Gasteiger partial charge < -0.3 is 0 Å². The average Bonchev–Trinajstić information content (AvgIpc) is 3.60. The van der Waals surface area contributed by atoms with E-state index in [1.807, 2.05) is 36.4 Å². The maximum Gasteiger partial charge on any atom is 0.164 e. The van der Waals surface area contributed by atoms with E-state index in [1.165, 1.54) is 76.6 Å². The molecule has 0 bridgehead atoms. The van der Waals surface area contributed by atoms with Crippen molar-refractivity contribution in [2.45, 2.75) is 37.5 Å². The number of nitrogens with zero attached hydrogens (tertiary/aromatic N) is 3. The molecule has 1 saturated carbocycles. The van der Waals surface area contributed by atoms with Gasteiger partial charge in [-0.05, 0) is 85.7 Å². The smallest absolute Gasteiger partial charge is 0.164 e.